The minimum Gasteiger partial charge on any atom is -0.368 e. The summed E-state index contributed by atoms with van der Waals surface area (Å²) in [6.07, 6.45) is 9.17. The lowest BCUT2D eigenvalue weighted by Gasteiger charge is -2.39. The van der Waals surface area contributed by atoms with Gasteiger partial charge in [0, 0.05) is 31.0 Å². The van der Waals surface area contributed by atoms with E-state index in [0.717, 1.165) is 42.9 Å². The van der Waals surface area contributed by atoms with Crippen LogP contribution in [-0.4, -0.2) is 33.2 Å². The summed E-state index contributed by atoms with van der Waals surface area (Å²) in [7, 11) is 0. The molecule has 0 amide bonds. The summed E-state index contributed by atoms with van der Waals surface area (Å²) in [6.45, 7) is 2.01. The van der Waals surface area contributed by atoms with Crippen molar-refractivity contribution in [2.24, 2.45) is 0 Å². The summed E-state index contributed by atoms with van der Waals surface area (Å²) in [4.78, 5) is 15.1. The van der Waals surface area contributed by atoms with Crippen molar-refractivity contribution in [1.82, 2.24) is 20.1 Å². The standard InChI is InChI=1S/C20H22N6O/c21-18-22-12-15(13-23-18)14-4-6-16(7-5-14)20(8-3-9-20)17-24-19(27-25-17)26-10-1-2-11-26/h4-7,12-13H,1-3,8-11H2,(H2,21,22,23). The average molecular weight is 362 g/mol. The molecule has 0 radical (unpaired) electrons. The summed E-state index contributed by atoms with van der Waals surface area (Å²) in [5, 5.41) is 4.36. The minimum absolute atomic E-state index is 0.127. The lowest BCUT2D eigenvalue weighted by Crippen LogP contribution is -2.36. The number of hydrogen-bond donors (Lipinski definition) is 1. The van der Waals surface area contributed by atoms with Gasteiger partial charge in [0.15, 0.2) is 5.82 Å². The predicted molar refractivity (Wildman–Crippen MR) is 102 cm³/mol. The quantitative estimate of drug-likeness (QED) is 0.761. The fraction of sp³-hybridized carbons (Fsp3) is 0.400. The lowest BCUT2D eigenvalue weighted by molar-refractivity contribution is 0.272. The van der Waals surface area contributed by atoms with E-state index < -0.39 is 0 Å². The van der Waals surface area contributed by atoms with Crippen molar-refractivity contribution in [3.05, 3.63) is 48.0 Å². The molecule has 138 valence electrons. The molecule has 0 atom stereocenters. The third-order valence-electron chi connectivity index (χ3n) is 5.87. The Balaban J connectivity index is 1.44. The number of benzene rings is 1. The van der Waals surface area contributed by atoms with Crippen molar-refractivity contribution in [3.63, 3.8) is 0 Å². The van der Waals surface area contributed by atoms with E-state index in [1.807, 2.05) is 0 Å². The highest BCUT2D eigenvalue weighted by Crippen LogP contribution is 2.48. The Morgan fingerprint density at radius 2 is 1.63 bits per heavy atom. The highest BCUT2D eigenvalue weighted by atomic mass is 16.5. The number of nitrogen functional groups attached to an aromatic ring is 1. The lowest BCUT2D eigenvalue weighted by atomic mass is 9.64. The van der Waals surface area contributed by atoms with E-state index in [-0.39, 0.29) is 11.4 Å². The molecule has 2 fully saturated rings. The molecule has 1 aromatic carbocycles. The second kappa shape index (κ2) is 6.33. The second-order valence-electron chi connectivity index (χ2n) is 7.44. The van der Waals surface area contributed by atoms with E-state index in [4.69, 9.17) is 15.2 Å². The highest BCUT2D eigenvalue weighted by Gasteiger charge is 2.44. The maximum Gasteiger partial charge on any atom is 0.324 e. The molecule has 5 rings (SSSR count). The molecule has 0 unspecified atom stereocenters. The first-order valence-corrected chi connectivity index (χ1v) is 9.52. The van der Waals surface area contributed by atoms with Gasteiger partial charge in [0.05, 0.1) is 5.41 Å². The molecule has 0 spiro atoms. The maximum absolute atomic E-state index is 5.59. The fourth-order valence-electron chi connectivity index (χ4n) is 4.09. The van der Waals surface area contributed by atoms with Crippen molar-refractivity contribution in [2.75, 3.05) is 23.7 Å². The van der Waals surface area contributed by atoms with Crippen LogP contribution in [0.15, 0.2) is 41.2 Å². The molecule has 3 aromatic rings. The molecular weight excluding hydrogens is 340 g/mol. The van der Waals surface area contributed by atoms with Crippen LogP contribution in [-0.2, 0) is 5.41 Å². The van der Waals surface area contributed by atoms with Gasteiger partial charge in [-0.15, -0.1) is 0 Å². The van der Waals surface area contributed by atoms with Crippen molar-refractivity contribution in [2.45, 2.75) is 37.5 Å². The monoisotopic (exact) mass is 362 g/mol. The van der Waals surface area contributed by atoms with Crippen LogP contribution in [0.1, 0.15) is 43.5 Å². The molecular formula is C20H22N6O. The molecule has 7 heteroatoms. The molecule has 3 heterocycles. The molecule has 7 nitrogen and oxygen atoms in total. The Morgan fingerprint density at radius 1 is 0.926 bits per heavy atom. The summed E-state index contributed by atoms with van der Waals surface area (Å²) >= 11 is 0. The Morgan fingerprint density at radius 3 is 2.26 bits per heavy atom. The number of aromatic nitrogens is 4. The normalized spacial score (nSPS) is 18.4. The topological polar surface area (TPSA) is 94.0 Å². The molecule has 2 aliphatic rings. The van der Waals surface area contributed by atoms with E-state index in [1.54, 1.807) is 12.4 Å². The van der Waals surface area contributed by atoms with Crippen molar-refractivity contribution >= 4 is 12.0 Å². The number of nitrogens with zero attached hydrogens (tertiary/aromatic N) is 5. The van der Waals surface area contributed by atoms with Crippen LogP contribution >= 0.6 is 0 Å². The fourth-order valence-corrected chi connectivity index (χ4v) is 4.09. The Bertz CT molecular complexity index is 924. The summed E-state index contributed by atoms with van der Waals surface area (Å²) < 4.78 is 5.59. The zero-order chi connectivity index (χ0) is 18.3. The van der Waals surface area contributed by atoms with E-state index in [1.165, 1.54) is 24.8 Å². The van der Waals surface area contributed by atoms with E-state index in [9.17, 15) is 0 Å². The van der Waals surface area contributed by atoms with Gasteiger partial charge in [-0.25, -0.2) is 9.97 Å². The molecule has 1 saturated heterocycles. The summed E-state index contributed by atoms with van der Waals surface area (Å²) in [5.74, 6) is 1.11. The third kappa shape index (κ3) is 2.74. The van der Waals surface area contributed by atoms with Crippen LogP contribution in [0.3, 0.4) is 0 Å². The van der Waals surface area contributed by atoms with Crippen molar-refractivity contribution < 1.29 is 4.52 Å². The van der Waals surface area contributed by atoms with Gasteiger partial charge in [0.2, 0.25) is 5.95 Å². The molecule has 27 heavy (non-hydrogen) atoms. The first kappa shape index (κ1) is 16.2. The van der Waals surface area contributed by atoms with Crippen LogP contribution in [0.2, 0.25) is 0 Å². The van der Waals surface area contributed by atoms with E-state index in [0.29, 0.717) is 6.01 Å². The molecule has 0 bridgehead atoms. The molecule has 2 N–H and O–H groups in total. The van der Waals surface area contributed by atoms with Gasteiger partial charge in [0.1, 0.15) is 0 Å². The SMILES string of the molecule is Nc1ncc(-c2ccc(C3(c4noc(N5CCCC5)n4)CCC3)cc2)cn1. The van der Waals surface area contributed by atoms with Crippen molar-refractivity contribution in [3.8, 4) is 11.1 Å². The number of anilines is 2. The second-order valence-corrected chi connectivity index (χ2v) is 7.44. The van der Waals surface area contributed by atoms with Gasteiger partial charge in [-0.05, 0) is 36.8 Å². The number of rotatable bonds is 4. The van der Waals surface area contributed by atoms with Crippen LogP contribution in [0.25, 0.3) is 11.1 Å². The Labute approximate surface area is 157 Å². The molecule has 2 aromatic heterocycles. The Kier molecular flexibility index (Phi) is 3.81. The first-order valence-electron chi connectivity index (χ1n) is 9.52. The molecule has 1 saturated carbocycles. The number of nitrogens with two attached hydrogens (primary N) is 1. The van der Waals surface area contributed by atoms with Gasteiger partial charge in [-0.2, -0.15) is 4.98 Å². The zero-order valence-corrected chi connectivity index (χ0v) is 15.1. The van der Waals surface area contributed by atoms with E-state index >= 15 is 0 Å². The maximum atomic E-state index is 5.59. The van der Waals surface area contributed by atoms with Crippen molar-refractivity contribution in [1.29, 1.82) is 0 Å². The van der Waals surface area contributed by atoms with Gasteiger partial charge in [0.25, 0.3) is 0 Å². The first-order chi connectivity index (χ1) is 13.2. The summed E-state index contributed by atoms with van der Waals surface area (Å²) in [6, 6.07) is 9.20. The highest BCUT2D eigenvalue weighted by molar-refractivity contribution is 5.62. The van der Waals surface area contributed by atoms with Gasteiger partial charge >= 0.3 is 6.01 Å². The largest absolute Gasteiger partial charge is 0.368 e. The predicted octanol–water partition coefficient (Wildman–Crippen LogP) is 3.18. The molecule has 1 aliphatic carbocycles. The van der Waals surface area contributed by atoms with Crippen LogP contribution in [0.5, 0.6) is 0 Å². The summed E-state index contributed by atoms with van der Waals surface area (Å²) in [5.41, 5.74) is 8.71. The van der Waals surface area contributed by atoms with Gasteiger partial charge in [-0.1, -0.05) is 35.8 Å². The minimum atomic E-state index is -0.127. The number of hydrogen-bond acceptors (Lipinski definition) is 7. The van der Waals surface area contributed by atoms with Gasteiger partial charge < -0.3 is 15.2 Å². The van der Waals surface area contributed by atoms with E-state index in [2.05, 4.69) is 44.3 Å². The zero-order valence-electron chi connectivity index (χ0n) is 15.1. The Hall–Kier alpha value is -2.96. The van der Waals surface area contributed by atoms with Crippen LogP contribution < -0.4 is 10.6 Å². The molecule has 1 aliphatic heterocycles. The average Bonchev–Trinajstić information content (AvgIpc) is 3.34. The van der Waals surface area contributed by atoms with Crippen LogP contribution in [0, 0.1) is 0 Å². The van der Waals surface area contributed by atoms with Gasteiger partial charge in [-0.3, -0.25) is 0 Å². The third-order valence-corrected chi connectivity index (χ3v) is 5.87. The van der Waals surface area contributed by atoms with Crippen LogP contribution in [0.4, 0.5) is 12.0 Å². The smallest absolute Gasteiger partial charge is 0.324 e.